The maximum Gasteiger partial charge on any atom is 0.118 e. The summed E-state index contributed by atoms with van der Waals surface area (Å²) < 4.78 is 7.79. The van der Waals surface area contributed by atoms with Crippen LogP contribution in [0.4, 0.5) is 0 Å². The number of fused-ring (bicyclic) bond motifs is 8. The fraction of sp³-hybridized carbons (Fsp3) is 0.0222. The van der Waals surface area contributed by atoms with Gasteiger partial charge in [-0.2, -0.15) is 0 Å². The van der Waals surface area contributed by atoms with E-state index in [0.717, 1.165) is 93.5 Å². The molecule has 5 heterocycles. The van der Waals surface area contributed by atoms with Gasteiger partial charge in [-0.05, 0) is 83.0 Å². The minimum Gasteiger partial charge on any atom is -0.497 e. The summed E-state index contributed by atoms with van der Waals surface area (Å²) in [4.78, 5) is 14.6. The van der Waals surface area contributed by atoms with Crippen molar-refractivity contribution in [1.82, 2.24) is 15.0 Å². The van der Waals surface area contributed by atoms with Crippen LogP contribution in [-0.2, 0) is 0 Å². The number of aromatic amines is 1. The number of hydrogen-bond donors (Lipinski definition) is 1. The van der Waals surface area contributed by atoms with Crippen molar-refractivity contribution in [2.45, 2.75) is 0 Å². The quantitative estimate of drug-likeness (QED) is 0.200. The van der Waals surface area contributed by atoms with Gasteiger partial charge in [0.25, 0.3) is 0 Å². The van der Waals surface area contributed by atoms with Crippen molar-refractivity contribution in [2.24, 2.45) is 0 Å². The third-order valence-corrected chi connectivity index (χ3v) is 10.3. The molecule has 0 fully saturated rings. The Bertz CT molecular complexity index is 2560. The van der Waals surface area contributed by atoms with E-state index in [2.05, 4.69) is 151 Å². The molecule has 0 saturated carbocycles. The molecule has 2 aliphatic rings. The number of nitrogens with one attached hydrogen (secondary N) is 1. The van der Waals surface area contributed by atoms with Crippen molar-refractivity contribution in [2.75, 3.05) is 7.11 Å². The molecule has 0 spiro atoms. The van der Waals surface area contributed by atoms with Crippen LogP contribution in [0.25, 0.3) is 89.2 Å². The average molecular weight is 662 g/mol. The SMILES string of the molecule is COc1ccc(-c2c3nc(c(-c4ccccc4)c4ccc([nH]4)c(-c4ccccc4)c4nc(c(-c5ccccc5)c5ccc2s5)C=C4)C=C3)cc1. The first kappa shape index (κ1) is 29.8. The van der Waals surface area contributed by atoms with Crippen LogP contribution in [0.1, 0.15) is 22.8 Å². The van der Waals surface area contributed by atoms with Crippen molar-refractivity contribution in [3.63, 3.8) is 0 Å². The van der Waals surface area contributed by atoms with Crippen molar-refractivity contribution >= 4 is 56.1 Å². The van der Waals surface area contributed by atoms with Gasteiger partial charge in [-0.25, -0.2) is 9.97 Å². The maximum atomic E-state index is 5.52. The molecule has 1 N–H and O–H groups in total. The number of ether oxygens (including phenoxy) is 1. The Balaban J connectivity index is 1.47. The minimum absolute atomic E-state index is 0.817. The molecule has 8 bridgehead atoms. The summed E-state index contributed by atoms with van der Waals surface area (Å²) in [5.41, 5.74) is 14.3. The molecule has 0 radical (unpaired) electrons. The fourth-order valence-electron chi connectivity index (χ4n) is 6.86. The second kappa shape index (κ2) is 12.6. The monoisotopic (exact) mass is 661 g/mol. The first-order valence-corrected chi connectivity index (χ1v) is 17.4. The Kier molecular flexibility index (Phi) is 7.52. The van der Waals surface area contributed by atoms with Crippen LogP contribution in [0.5, 0.6) is 5.75 Å². The van der Waals surface area contributed by atoms with Crippen LogP contribution >= 0.6 is 11.3 Å². The summed E-state index contributed by atoms with van der Waals surface area (Å²) in [6.07, 6.45) is 8.59. The second-order valence-corrected chi connectivity index (χ2v) is 13.3. The van der Waals surface area contributed by atoms with Crippen molar-refractivity contribution in [3.05, 3.63) is 162 Å². The molecular formula is C45H31N3OS. The lowest BCUT2D eigenvalue weighted by atomic mass is 10.0. The number of hydrogen-bond acceptors (Lipinski definition) is 4. The molecule has 0 unspecified atom stereocenters. The Morgan fingerprint density at radius 1 is 0.420 bits per heavy atom. The Hall–Kier alpha value is -6.30. The molecule has 3 aromatic heterocycles. The topological polar surface area (TPSA) is 50.8 Å². The van der Waals surface area contributed by atoms with Crippen molar-refractivity contribution in [3.8, 4) is 50.3 Å². The summed E-state index contributed by atoms with van der Waals surface area (Å²) in [6.45, 7) is 0. The number of nitrogens with zero attached hydrogens (tertiary/aromatic N) is 2. The molecule has 4 aromatic carbocycles. The number of thiophene rings is 1. The largest absolute Gasteiger partial charge is 0.497 e. The van der Waals surface area contributed by atoms with Crippen LogP contribution in [0.2, 0.25) is 0 Å². The third-order valence-electron chi connectivity index (χ3n) is 9.19. The zero-order chi connectivity index (χ0) is 33.4. The molecule has 0 amide bonds. The number of rotatable bonds is 5. The lowest BCUT2D eigenvalue weighted by Gasteiger charge is -2.07. The molecule has 4 nitrogen and oxygen atoms in total. The van der Waals surface area contributed by atoms with Crippen LogP contribution in [0, 0.1) is 0 Å². The molecule has 0 aliphatic carbocycles. The van der Waals surface area contributed by atoms with Gasteiger partial charge >= 0.3 is 0 Å². The third kappa shape index (κ3) is 5.34. The molecule has 5 heteroatoms. The molecule has 50 heavy (non-hydrogen) atoms. The van der Waals surface area contributed by atoms with E-state index in [1.54, 1.807) is 18.4 Å². The van der Waals surface area contributed by atoms with E-state index in [0.29, 0.717) is 0 Å². The predicted molar refractivity (Wildman–Crippen MR) is 211 cm³/mol. The molecular weight excluding hydrogens is 631 g/mol. The van der Waals surface area contributed by atoms with E-state index >= 15 is 0 Å². The average Bonchev–Trinajstić information content (AvgIpc) is 4.01. The zero-order valence-electron chi connectivity index (χ0n) is 27.3. The fourth-order valence-corrected chi connectivity index (χ4v) is 8.02. The summed E-state index contributed by atoms with van der Waals surface area (Å²) in [5.74, 6) is 0.817. The van der Waals surface area contributed by atoms with E-state index in [4.69, 9.17) is 14.7 Å². The normalized spacial score (nSPS) is 11.9. The smallest absolute Gasteiger partial charge is 0.118 e. The molecule has 0 atom stereocenters. The van der Waals surface area contributed by atoms with Gasteiger partial charge in [0.05, 0.1) is 29.9 Å². The predicted octanol–water partition coefficient (Wildman–Crippen LogP) is 12.1. The molecule has 238 valence electrons. The lowest BCUT2D eigenvalue weighted by Crippen LogP contribution is -1.88. The van der Waals surface area contributed by atoms with Crippen molar-refractivity contribution < 1.29 is 4.74 Å². The van der Waals surface area contributed by atoms with Gasteiger partial charge in [-0.3, -0.25) is 0 Å². The Morgan fingerprint density at radius 3 is 1.22 bits per heavy atom. The zero-order valence-corrected chi connectivity index (χ0v) is 28.1. The molecule has 0 saturated heterocycles. The Labute approximate surface area is 294 Å². The standard InChI is InChI=1S/C45H31N3OS/c1-49-33-19-17-32(18-20-33)45-39-26-24-37(48-39)43(30-13-7-3-8-14-30)35-22-21-34(46-35)42(29-11-5-2-6-12-29)36-23-25-38(47-36)44(31-15-9-4-10-16-31)40-27-28-41(45)50-40/h2-28,46H,1H3. The molecule has 7 aromatic rings. The minimum atomic E-state index is 0.817. The number of benzene rings is 4. The lowest BCUT2D eigenvalue weighted by molar-refractivity contribution is 0.415. The highest BCUT2D eigenvalue weighted by Gasteiger charge is 2.19. The van der Waals surface area contributed by atoms with Crippen LogP contribution < -0.4 is 4.74 Å². The van der Waals surface area contributed by atoms with E-state index in [1.807, 2.05) is 18.2 Å². The summed E-state index contributed by atoms with van der Waals surface area (Å²) >= 11 is 1.77. The first-order valence-electron chi connectivity index (χ1n) is 16.6. The summed E-state index contributed by atoms with van der Waals surface area (Å²) in [7, 11) is 1.70. The van der Waals surface area contributed by atoms with E-state index in [-0.39, 0.29) is 0 Å². The summed E-state index contributed by atoms with van der Waals surface area (Å²) in [5, 5.41) is 0. The van der Waals surface area contributed by atoms with Crippen LogP contribution in [0.3, 0.4) is 0 Å². The molecule has 9 rings (SSSR count). The van der Waals surface area contributed by atoms with Gasteiger partial charge < -0.3 is 9.72 Å². The maximum absolute atomic E-state index is 5.52. The van der Waals surface area contributed by atoms with E-state index in [9.17, 15) is 0 Å². The number of H-pyrrole nitrogens is 1. The van der Waals surface area contributed by atoms with Crippen LogP contribution in [0.15, 0.2) is 140 Å². The van der Waals surface area contributed by atoms with Gasteiger partial charge in [-0.1, -0.05) is 103 Å². The van der Waals surface area contributed by atoms with E-state index in [1.165, 1.54) is 0 Å². The number of aromatic nitrogens is 3. The van der Waals surface area contributed by atoms with Gasteiger partial charge in [0.15, 0.2) is 0 Å². The van der Waals surface area contributed by atoms with E-state index < -0.39 is 0 Å². The van der Waals surface area contributed by atoms with Gasteiger partial charge in [0.2, 0.25) is 0 Å². The van der Waals surface area contributed by atoms with Gasteiger partial charge in [0, 0.05) is 42.7 Å². The van der Waals surface area contributed by atoms with Crippen molar-refractivity contribution in [1.29, 1.82) is 0 Å². The highest BCUT2D eigenvalue weighted by Crippen LogP contribution is 2.41. The van der Waals surface area contributed by atoms with Gasteiger partial charge in [-0.15, -0.1) is 11.3 Å². The van der Waals surface area contributed by atoms with Gasteiger partial charge in [0.1, 0.15) is 5.75 Å². The highest BCUT2D eigenvalue weighted by atomic mass is 32.1. The second-order valence-electron chi connectivity index (χ2n) is 12.2. The summed E-state index contributed by atoms with van der Waals surface area (Å²) in [6, 6.07) is 48.6. The number of methoxy groups -OCH3 is 1. The molecule has 2 aliphatic heterocycles. The van der Waals surface area contributed by atoms with Crippen LogP contribution in [-0.4, -0.2) is 22.1 Å². The first-order chi connectivity index (χ1) is 24.7. The Morgan fingerprint density at radius 2 is 0.800 bits per heavy atom. The highest BCUT2D eigenvalue weighted by molar-refractivity contribution is 7.24.